The van der Waals surface area contributed by atoms with Crippen LogP contribution in [0.1, 0.15) is 43.5 Å². The molecular formula is C14H21N3O2S. The van der Waals surface area contributed by atoms with E-state index >= 15 is 0 Å². The van der Waals surface area contributed by atoms with Gasteiger partial charge in [0, 0.05) is 12.8 Å². The van der Waals surface area contributed by atoms with E-state index in [0.717, 1.165) is 42.5 Å². The van der Waals surface area contributed by atoms with Gasteiger partial charge in [-0.2, -0.15) is 5.10 Å². The number of ether oxygens (including phenoxy) is 2. The van der Waals surface area contributed by atoms with Gasteiger partial charge in [0.1, 0.15) is 11.1 Å². The first-order chi connectivity index (χ1) is 9.67. The minimum absolute atomic E-state index is 0.100. The van der Waals surface area contributed by atoms with E-state index in [9.17, 15) is 0 Å². The van der Waals surface area contributed by atoms with Crippen molar-refractivity contribution >= 4 is 17.2 Å². The van der Waals surface area contributed by atoms with Crippen LogP contribution in [0.2, 0.25) is 0 Å². The number of aryl methyl sites for hydroxylation is 1. The van der Waals surface area contributed by atoms with Crippen LogP contribution in [0.4, 0.5) is 0 Å². The second-order valence-electron chi connectivity index (χ2n) is 4.81. The summed E-state index contributed by atoms with van der Waals surface area (Å²) in [6.07, 6.45) is 3.44. The van der Waals surface area contributed by atoms with Gasteiger partial charge >= 0.3 is 0 Å². The van der Waals surface area contributed by atoms with E-state index in [1.807, 2.05) is 6.92 Å². The van der Waals surface area contributed by atoms with Crippen molar-refractivity contribution in [2.24, 2.45) is 5.73 Å². The lowest BCUT2D eigenvalue weighted by molar-refractivity contribution is 0.0232. The van der Waals surface area contributed by atoms with E-state index in [0.29, 0.717) is 24.1 Å². The number of thiocarbonyl (C=S) groups is 1. The molecule has 1 aromatic rings. The highest BCUT2D eigenvalue weighted by Gasteiger charge is 2.22. The molecule has 1 saturated heterocycles. The van der Waals surface area contributed by atoms with E-state index in [1.54, 1.807) is 0 Å². The van der Waals surface area contributed by atoms with Crippen LogP contribution in [0.25, 0.3) is 0 Å². The number of nitrogens with two attached hydrogens (primary N) is 1. The van der Waals surface area contributed by atoms with Crippen molar-refractivity contribution in [3.8, 4) is 5.88 Å². The predicted octanol–water partition coefficient (Wildman–Crippen LogP) is 1.79. The van der Waals surface area contributed by atoms with Crippen molar-refractivity contribution in [3.05, 3.63) is 16.8 Å². The van der Waals surface area contributed by atoms with Crippen molar-refractivity contribution in [1.29, 1.82) is 0 Å². The summed E-state index contributed by atoms with van der Waals surface area (Å²) in [6.45, 7) is 5.55. The topological polar surface area (TPSA) is 70.3 Å². The zero-order valence-corrected chi connectivity index (χ0v) is 12.8. The molecule has 0 unspecified atom stereocenters. The van der Waals surface area contributed by atoms with Gasteiger partial charge in [0.2, 0.25) is 5.88 Å². The van der Waals surface area contributed by atoms with Gasteiger partial charge in [-0.05, 0) is 18.4 Å². The Morgan fingerprint density at radius 2 is 2.00 bits per heavy atom. The Hall–Kier alpha value is -1.27. The van der Waals surface area contributed by atoms with Gasteiger partial charge in [0.05, 0.1) is 24.5 Å². The highest BCUT2D eigenvalue weighted by atomic mass is 32.1. The lowest BCUT2D eigenvalue weighted by Gasteiger charge is -2.24. The third-order valence-corrected chi connectivity index (χ3v) is 3.71. The fourth-order valence-corrected chi connectivity index (χ4v) is 2.65. The second kappa shape index (κ2) is 6.95. The molecule has 0 aliphatic carbocycles. The molecule has 0 atom stereocenters. The molecule has 2 N–H and O–H groups in total. The number of hydrogen-bond acceptors (Lipinski definition) is 5. The van der Waals surface area contributed by atoms with Crippen LogP contribution in [-0.4, -0.2) is 34.5 Å². The predicted molar refractivity (Wildman–Crippen MR) is 81.1 cm³/mol. The van der Waals surface area contributed by atoms with Crippen molar-refractivity contribution < 1.29 is 9.47 Å². The molecule has 6 heteroatoms. The molecule has 0 aromatic carbocycles. The largest absolute Gasteiger partial charge is 0.473 e. The quantitative estimate of drug-likeness (QED) is 0.835. The molecular weight excluding hydrogens is 274 g/mol. The maximum Gasteiger partial charge on any atom is 0.244 e. The molecule has 5 nitrogen and oxygen atoms in total. The first-order valence-corrected chi connectivity index (χ1v) is 7.50. The van der Waals surface area contributed by atoms with Gasteiger partial charge in [-0.15, -0.1) is 5.10 Å². The van der Waals surface area contributed by atoms with Crippen LogP contribution in [0, 0.1) is 0 Å². The summed E-state index contributed by atoms with van der Waals surface area (Å²) >= 11 is 5.18. The lowest BCUT2D eigenvalue weighted by atomic mass is 10.0. The fourth-order valence-electron chi connectivity index (χ4n) is 2.44. The Kier molecular flexibility index (Phi) is 5.25. The first kappa shape index (κ1) is 15.1. The zero-order valence-electron chi connectivity index (χ0n) is 12.0. The minimum atomic E-state index is 0.100. The van der Waals surface area contributed by atoms with Crippen LogP contribution in [0.5, 0.6) is 5.88 Å². The van der Waals surface area contributed by atoms with E-state index in [-0.39, 0.29) is 6.10 Å². The Morgan fingerprint density at radius 3 is 2.55 bits per heavy atom. The highest BCUT2D eigenvalue weighted by molar-refractivity contribution is 7.80. The molecule has 0 radical (unpaired) electrons. The average molecular weight is 295 g/mol. The molecule has 0 saturated carbocycles. The zero-order chi connectivity index (χ0) is 14.5. The Morgan fingerprint density at radius 1 is 1.30 bits per heavy atom. The van der Waals surface area contributed by atoms with E-state index in [1.165, 1.54) is 0 Å². The summed E-state index contributed by atoms with van der Waals surface area (Å²) in [7, 11) is 0. The summed E-state index contributed by atoms with van der Waals surface area (Å²) in [4.78, 5) is 0.327. The van der Waals surface area contributed by atoms with Crippen LogP contribution in [0.15, 0.2) is 0 Å². The van der Waals surface area contributed by atoms with Crippen molar-refractivity contribution in [1.82, 2.24) is 10.2 Å². The molecule has 110 valence electrons. The molecule has 0 bridgehead atoms. The Balaban J connectivity index is 2.33. The summed E-state index contributed by atoms with van der Waals surface area (Å²) in [5.74, 6) is 0.471. The van der Waals surface area contributed by atoms with Crippen molar-refractivity contribution in [2.75, 3.05) is 13.2 Å². The first-order valence-electron chi connectivity index (χ1n) is 7.10. The second-order valence-corrected chi connectivity index (χ2v) is 5.25. The molecule has 1 aromatic heterocycles. The summed E-state index contributed by atoms with van der Waals surface area (Å²) in [5, 5.41) is 8.45. The molecule has 0 amide bonds. The normalized spacial score (nSPS) is 16.1. The number of nitrogens with zero attached hydrogens (tertiary/aromatic N) is 2. The summed E-state index contributed by atoms with van der Waals surface area (Å²) in [5.41, 5.74) is 8.62. The van der Waals surface area contributed by atoms with E-state index in [4.69, 9.17) is 27.4 Å². The standard InChI is InChI=1S/C14H21N3O2S/c1-3-10-11(4-2)16-17-14(12(10)13(15)20)19-9-5-7-18-8-6-9/h9H,3-8H2,1-2H3,(H2,15,20). The van der Waals surface area contributed by atoms with Gasteiger partial charge < -0.3 is 15.2 Å². The molecule has 2 heterocycles. The van der Waals surface area contributed by atoms with Crippen LogP contribution in [-0.2, 0) is 17.6 Å². The highest BCUT2D eigenvalue weighted by Crippen LogP contribution is 2.25. The molecule has 20 heavy (non-hydrogen) atoms. The van der Waals surface area contributed by atoms with Crippen molar-refractivity contribution in [3.63, 3.8) is 0 Å². The summed E-state index contributed by atoms with van der Waals surface area (Å²) < 4.78 is 11.3. The number of rotatable bonds is 5. The number of aromatic nitrogens is 2. The Labute approximate surface area is 124 Å². The maximum atomic E-state index is 5.97. The van der Waals surface area contributed by atoms with Crippen molar-refractivity contribution in [2.45, 2.75) is 45.6 Å². The van der Waals surface area contributed by atoms with Gasteiger partial charge in [-0.3, -0.25) is 0 Å². The summed E-state index contributed by atoms with van der Waals surface area (Å²) in [6, 6.07) is 0. The molecule has 2 rings (SSSR count). The minimum Gasteiger partial charge on any atom is -0.473 e. The average Bonchev–Trinajstić information content (AvgIpc) is 2.47. The maximum absolute atomic E-state index is 5.97. The van der Waals surface area contributed by atoms with Crippen LogP contribution >= 0.6 is 12.2 Å². The fraction of sp³-hybridized carbons (Fsp3) is 0.643. The third kappa shape index (κ3) is 3.24. The van der Waals surface area contributed by atoms with Gasteiger partial charge in [-0.25, -0.2) is 0 Å². The van der Waals surface area contributed by atoms with E-state index in [2.05, 4.69) is 17.1 Å². The SMILES string of the molecule is CCc1nnc(OC2CCOCC2)c(C(N)=S)c1CC. The van der Waals surface area contributed by atoms with Gasteiger partial charge in [0.15, 0.2) is 0 Å². The molecule has 0 spiro atoms. The van der Waals surface area contributed by atoms with Gasteiger partial charge in [0.25, 0.3) is 0 Å². The molecule has 1 aliphatic rings. The lowest BCUT2D eigenvalue weighted by Crippen LogP contribution is -2.28. The van der Waals surface area contributed by atoms with Gasteiger partial charge in [-0.1, -0.05) is 26.1 Å². The third-order valence-electron chi connectivity index (χ3n) is 3.51. The molecule has 1 fully saturated rings. The smallest absolute Gasteiger partial charge is 0.244 e. The number of hydrogen-bond donors (Lipinski definition) is 1. The molecule has 1 aliphatic heterocycles. The van der Waals surface area contributed by atoms with Crippen LogP contribution < -0.4 is 10.5 Å². The van der Waals surface area contributed by atoms with Crippen LogP contribution in [0.3, 0.4) is 0 Å². The Bertz CT molecular complexity index is 488. The monoisotopic (exact) mass is 295 g/mol. The van der Waals surface area contributed by atoms with E-state index < -0.39 is 0 Å².